The Hall–Kier alpha value is -0.650. The van der Waals surface area contributed by atoms with Crippen molar-refractivity contribution in [1.29, 1.82) is 0 Å². The molecule has 0 aromatic rings. The van der Waals surface area contributed by atoms with Gasteiger partial charge < -0.3 is 20.5 Å². The highest BCUT2D eigenvalue weighted by Crippen LogP contribution is 1.98. The van der Waals surface area contributed by atoms with Crippen LogP contribution < -0.4 is 11.1 Å². The van der Waals surface area contributed by atoms with Crippen LogP contribution in [0.15, 0.2) is 0 Å². The summed E-state index contributed by atoms with van der Waals surface area (Å²) >= 11 is 0. The van der Waals surface area contributed by atoms with Crippen molar-refractivity contribution in [3.05, 3.63) is 0 Å². The number of hydrogen-bond donors (Lipinski definition) is 2. The topological polar surface area (TPSA) is 73.6 Å². The molecule has 0 rings (SSSR count). The fourth-order valence-corrected chi connectivity index (χ4v) is 1.09. The third kappa shape index (κ3) is 7.62. The molecule has 1 amide bonds. The first-order chi connectivity index (χ1) is 7.61. The zero-order valence-electron chi connectivity index (χ0n) is 10.5. The largest absolute Gasteiger partial charge is 0.380 e. The molecule has 1 atom stereocenters. The van der Waals surface area contributed by atoms with Gasteiger partial charge in [0.15, 0.2) is 0 Å². The van der Waals surface area contributed by atoms with Crippen molar-refractivity contribution >= 4 is 5.91 Å². The van der Waals surface area contributed by atoms with Gasteiger partial charge in [0.1, 0.15) is 6.10 Å². The summed E-state index contributed by atoms with van der Waals surface area (Å²) in [6.45, 7) is 6.25. The quantitative estimate of drug-likeness (QED) is 0.555. The van der Waals surface area contributed by atoms with Gasteiger partial charge in [-0.15, -0.1) is 0 Å². The predicted molar refractivity (Wildman–Crippen MR) is 63.1 cm³/mol. The summed E-state index contributed by atoms with van der Waals surface area (Å²) in [5.41, 5.74) is 5.35. The molecule has 5 nitrogen and oxygen atoms in total. The highest BCUT2D eigenvalue weighted by molar-refractivity contribution is 5.80. The normalized spacial score (nSPS) is 12.8. The van der Waals surface area contributed by atoms with Gasteiger partial charge >= 0.3 is 0 Å². The molecule has 16 heavy (non-hydrogen) atoms. The van der Waals surface area contributed by atoms with Crippen LogP contribution in [-0.2, 0) is 14.3 Å². The lowest BCUT2D eigenvalue weighted by Gasteiger charge is -2.13. The van der Waals surface area contributed by atoms with Crippen LogP contribution in [0.3, 0.4) is 0 Å². The summed E-state index contributed by atoms with van der Waals surface area (Å²) in [5, 5.41) is 2.70. The number of amides is 1. The summed E-state index contributed by atoms with van der Waals surface area (Å²) < 4.78 is 10.2. The minimum atomic E-state index is -0.560. The smallest absolute Gasteiger partial charge is 0.250 e. The first kappa shape index (κ1) is 15.3. The summed E-state index contributed by atoms with van der Waals surface area (Å²) in [6, 6.07) is 0. The second-order valence-corrected chi connectivity index (χ2v) is 4.05. The maximum Gasteiger partial charge on any atom is 0.250 e. The van der Waals surface area contributed by atoms with Crippen molar-refractivity contribution in [3.63, 3.8) is 0 Å². The van der Waals surface area contributed by atoms with E-state index in [1.54, 1.807) is 0 Å². The van der Waals surface area contributed by atoms with Gasteiger partial charge in [0.2, 0.25) is 0 Å². The lowest BCUT2D eigenvalue weighted by molar-refractivity contribution is -0.130. The molecule has 0 bridgehead atoms. The van der Waals surface area contributed by atoms with Crippen LogP contribution in [0.1, 0.15) is 20.3 Å². The van der Waals surface area contributed by atoms with E-state index in [1.807, 2.05) is 0 Å². The Bertz CT molecular complexity index is 182. The van der Waals surface area contributed by atoms with Gasteiger partial charge in [-0.2, -0.15) is 0 Å². The van der Waals surface area contributed by atoms with Gasteiger partial charge in [0.05, 0.1) is 6.61 Å². The molecule has 0 aromatic heterocycles. The third-order valence-corrected chi connectivity index (χ3v) is 2.18. The highest BCUT2D eigenvalue weighted by atomic mass is 16.5. The molecule has 0 radical (unpaired) electrons. The maximum atomic E-state index is 11.4. The number of carbonyl (C=O) groups is 1. The first-order valence-corrected chi connectivity index (χ1v) is 5.70. The highest BCUT2D eigenvalue weighted by Gasteiger charge is 2.14. The number of carbonyl (C=O) groups excluding carboxylic acids is 1. The Morgan fingerprint density at radius 3 is 2.56 bits per heavy atom. The summed E-state index contributed by atoms with van der Waals surface area (Å²) in [5.74, 6) is 0.460. The Balaban J connectivity index is 3.40. The fourth-order valence-electron chi connectivity index (χ4n) is 1.09. The molecule has 0 aliphatic carbocycles. The van der Waals surface area contributed by atoms with E-state index in [-0.39, 0.29) is 12.5 Å². The monoisotopic (exact) mass is 232 g/mol. The number of hydrogen-bond acceptors (Lipinski definition) is 4. The van der Waals surface area contributed by atoms with Gasteiger partial charge in [-0.25, -0.2) is 0 Å². The van der Waals surface area contributed by atoms with Crippen molar-refractivity contribution in [2.75, 3.05) is 33.4 Å². The van der Waals surface area contributed by atoms with E-state index in [0.29, 0.717) is 19.1 Å². The predicted octanol–water partition coefficient (Wildman–Crippen LogP) is 0.139. The van der Waals surface area contributed by atoms with Gasteiger partial charge in [-0.05, 0) is 12.3 Å². The van der Waals surface area contributed by atoms with E-state index < -0.39 is 6.10 Å². The average Bonchev–Trinajstić information content (AvgIpc) is 2.24. The summed E-state index contributed by atoms with van der Waals surface area (Å²) in [7, 11) is 1.47. The zero-order valence-corrected chi connectivity index (χ0v) is 10.5. The van der Waals surface area contributed by atoms with Gasteiger partial charge in [0, 0.05) is 26.8 Å². The van der Waals surface area contributed by atoms with E-state index in [9.17, 15) is 4.79 Å². The number of ether oxygens (including phenoxy) is 2. The van der Waals surface area contributed by atoms with E-state index in [2.05, 4.69) is 19.2 Å². The number of methoxy groups -OCH3 is 1. The van der Waals surface area contributed by atoms with E-state index in [0.717, 1.165) is 13.0 Å². The minimum absolute atomic E-state index is 0.183. The molecule has 0 saturated heterocycles. The molecule has 5 heteroatoms. The Morgan fingerprint density at radius 2 is 2.06 bits per heavy atom. The molecule has 0 fully saturated rings. The molecule has 1 unspecified atom stereocenters. The summed E-state index contributed by atoms with van der Waals surface area (Å²) in [4.78, 5) is 11.4. The molecular formula is C11H24N2O3. The third-order valence-electron chi connectivity index (χ3n) is 2.18. The van der Waals surface area contributed by atoms with Crippen molar-refractivity contribution in [3.8, 4) is 0 Å². The second kappa shape index (κ2) is 9.57. The first-order valence-electron chi connectivity index (χ1n) is 5.70. The lowest BCUT2D eigenvalue weighted by Crippen LogP contribution is -2.41. The Kier molecular flexibility index (Phi) is 9.18. The Morgan fingerprint density at radius 1 is 1.38 bits per heavy atom. The number of nitrogens with two attached hydrogens (primary N) is 1. The van der Waals surface area contributed by atoms with Crippen LogP contribution in [0, 0.1) is 5.92 Å². The standard InChI is InChI=1S/C11H24N2O3/c1-9(2)4-6-16-7-5-13-11(14)10(8-12)15-3/h9-10H,4-8,12H2,1-3H3,(H,13,14). The maximum absolute atomic E-state index is 11.4. The summed E-state index contributed by atoms with van der Waals surface area (Å²) in [6.07, 6.45) is 0.480. The van der Waals surface area contributed by atoms with Crippen LogP contribution in [0.25, 0.3) is 0 Å². The van der Waals surface area contributed by atoms with Crippen LogP contribution in [0.5, 0.6) is 0 Å². The molecule has 96 valence electrons. The molecular weight excluding hydrogens is 208 g/mol. The van der Waals surface area contributed by atoms with Crippen LogP contribution in [-0.4, -0.2) is 45.4 Å². The second-order valence-electron chi connectivity index (χ2n) is 4.05. The van der Waals surface area contributed by atoms with E-state index in [4.69, 9.17) is 15.2 Å². The van der Waals surface area contributed by atoms with Gasteiger partial charge in [-0.3, -0.25) is 4.79 Å². The van der Waals surface area contributed by atoms with Crippen molar-refractivity contribution in [2.24, 2.45) is 11.7 Å². The fraction of sp³-hybridized carbons (Fsp3) is 0.909. The van der Waals surface area contributed by atoms with Crippen molar-refractivity contribution < 1.29 is 14.3 Å². The van der Waals surface area contributed by atoms with Crippen LogP contribution in [0.4, 0.5) is 0 Å². The molecule has 0 heterocycles. The molecule has 0 saturated carbocycles. The molecule has 0 aliphatic rings. The van der Waals surface area contributed by atoms with Gasteiger partial charge in [0.25, 0.3) is 5.91 Å². The zero-order chi connectivity index (χ0) is 12.4. The van der Waals surface area contributed by atoms with E-state index >= 15 is 0 Å². The number of rotatable bonds is 9. The van der Waals surface area contributed by atoms with Crippen LogP contribution >= 0.6 is 0 Å². The average molecular weight is 232 g/mol. The molecule has 0 aromatic carbocycles. The molecule has 0 spiro atoms. The minimum Gasteiger partial charge on any atom is -0.380 e. The molecule has 3 N–H and O–H groups in total. The van der Waals surface area contributed by atoms with Crippen molar-refractivity contribution in [1.82, 2.24) is 5.32 Å². The number of nitrogens with one attached hydrogen (secondary N) is 1. The van der Waals surface area contributed by atoms with Crippen molar-refractivity contribution in [2.45, 2.75) is 26.4 Å². The lowest BCUT2D eigenvalue weighted by atomic mass is 10.1. The molecule has 0 aliphatic heterocycles. The Labute approximate surface area is 97.7 Å². The SMILES string of the molecule is COC(CN)C(=O)NCCOCCC(C)C. The van der Waals surface area contributed by atoms with Gasteiger partial charge in [-0.1, -0.05) is 13.8 Å². The van der Waals surface area contributed by atoms with E-state index in [1.165, 1.54) is 7.11 Å². The van der Waals surface area contributed by atoms with Crippen LogP contribution in [0.2, 0.25) is 0 Å².